The van der Waals surface area contributed by atoms with E-state index in [2.05, 4.69) is 18.3 Å². The number of hydrogen-bond acceptors (Lipinski definition) is 4. The Hall–Kier alpha value is -1.52. The molecule has 0 bridgehead atoms. The van der Waals surface area contributed by atoms with Gasteiger partial charge in [-0.15, -0.1) is 0 Å². The summed E-state index contributed by atoms with van der Waals surface area (Å²) >= 11 is 0. The molecule has 21 heavy (non-hydrogen) atoms. The second-order valence-corrected chi connectivity index (χ2v) is 6.02. The molecule has 4 nitrogen and oxygen atoms in total. The van der Waals surface area contributed by atoms with E-state index in [1.807, 2.05) is 25.1 Å². The maximum atomic E-state index is 9.37. The average molecular weight is 289 g/mol. The smallest absolute Gasteiger partial charge is 0.176 e. The SMILES string of the molecule is CCOc1cccc2cc(C(C)NCC3(CO)CC3)oc12. The van der Waals surface area contributed by atoms with Crippen molar-refractivity contribution in [2.75, 3.05) is 19.8 Å². The molecule has 1 saturated carbocycles. The van der Waals surface area contributed by atoms with Crippen LogP contribution in [0.25, 0.3) is 11.0 Å². The molecule has 0 aliphatic heterocycles. The molecule has 0 radical (unpaired) electrons. The van der Waals surface area contributed by atoms with Crippen LogP contribution in [-0.2, 0) is 0 Å². The van der Waals surface area contributed by atoms with Gasteiger partial charge in [-0.05, 0) is 38.8 Å². The second-order valence-electron chi connectivity index (χ2n) is 6.02. The molecule has 1 aromatic heterocycles. The zero-order valence-corrected chi connectivity index (χ0v) is 12.7. The van der Waals surface area contributed by atoms with E-state index in [0.717, 1.165) is 41.9 Å². The summed E-state index contributed by atoms with van der Waals surface area (Å²) in [4.78, 5) is 0. The molecule has 0 spiro atoms. The van der Waals surface area contributed by atoms with E-state index in [-0.39, 0.29) is 18.1 Å². The highest BCUT2D eigenvalue weighted by molar-refractivity contribution is 5.83. The summed E-state index contributed by atoms with van der Waals surface area (Å²) in [5.41, 5.74) is 0.919. The number of aliphatic hydroxyl groups is 1. The third-order valence-electron chi connectivity index (χ3n) is 4.33. The number of nitrogens with one attached hydrogen (secondary N) is 1. The van der Waals surface area contributed by atoms with Crippen LogP contribution in [0, 0.1) is 5.41 Å². The summed E-state index contributed by atoms with van der Waals surface area (Å²) in [5.74, 6) is 1.70. The highest BCUT2D eigenvalue weighted by Gasteiger charge is 2.41. The molecule has 4 heteroatoms. The van der Waals surface area contributed by atoms with Gasteiger partial charge in [0.25, 0.3) is 0 Å². The first kappa shape index (κ1) is 14.4. The maximum absolute atomic E-state index is 9.37. The van der Waals surface area contributed by atoms with Gasteiger partial charge in [-0.1, -0.05) is 12.1 Å². The van der Waals surface area contributed by atoms with E-state index < -0.39 is 0 Å². The molecule has 1 aliphatic rings. The van der Waals surface area contributed by atoms with Crippen LogP contribution in [0.15, 0.2) is 28.7 Å². The van der Waals surface area contributed by atoms with Crippen LogP contribution in [0.5, 0.6) is 5.75 Å². The van der Waals surface area contributed by atoms with Crippen LogP contribution in [-0.4, -0.2) is 24.9 Å². The first-order valence-corrected chi connectivity index (χ1v) is 7.67. The van der Waals surface area contributed by atoms with E-state index in [4.69, 9.17) is 9.15 Å². The van der Waals surface area contributed by atoms with Crippen molar-refractivity contribution in [2.24, 2.45) is 5.41 Å². The largest absolute Gasteiger partial charge is 0.490 e. The standard InChI is InChI=1S/C17H23NO3/c1-3-20-14-6-4-5-13-9-15(21-16(13)14)12(2)18-10-17(11-19)7-8-17/h4-6,9,12,18-19H,3,7-8,10-11H2,1-2H3. The van der Waals surface area contributed by atoms with Crippen LogP contribution >= 0.6 is 0 Å². The predicted octanol–water partition coefficient (Wildman–Crippen LogP) is 3.25. The van der Waals surface area contributed by atoms with E-state index in [0.29, 0.717) is 6.61 Å². The summed E-state index contributed by atoms with van der Waals surface area (Å²) in [5, 5.41) is 13.9. The lowest BCUT2D eigenvalue weighted by Crippen LogP contribution is -2.28. The fourth-order valence-corrected chi connectivity index (χ4v) is 2.58. The van der Waals surface area contributed by atoms with Crippen molar-refractivity contribution in [1.82, 2.24) is 5.32 Å². The third kappa shape index (κ3) is 2.92. The van der Waals surface area contributed by atoms with Crippen LogP contribution in [0.3, 0.4) is 0 Å². The Morgan fingerprint density at radius 1 is 1.43 bits per heavy atom. The molecular weight excluding hydrogens is 266 g/mol. The molecule has 1 atom stereocenters. The minimum Gasteiger partial charge on any atom is -0.490 e. The normalized spacial score (nSPS) is 17.9. The molecule has 114 valence electrons. The Kier molecular flexibility index (Phi) is 3.91. The number of hydrogen-bond donors (Lipinski definition) is 2. The molecule has 1 aromatic carbocycles. The molecular formula is C17H23NO3. The summed E-state index contributed by atoms with van der Waals surface area (Å²) in [6.07, 6.45) is 2.22. The van der Waals surface area contributed by atoms with Gasteiger partial charge in [0, 0.05) is 24.0 Å². The molecule has 1 heterocycles. The number of ether oxygens (including phenoxy) is 1. The van der Waals surface area contributed by atoms with Crippen LogP contribution in [0.1, 0.15) is 38.5 Å². The van der Waals surface area contributed by atoms with Gasteiger partial charge < -0.3 is 19.6 Å². The lowest BCUT2D eigenvalue weighted by atomic mass is 10.1. The number of fused-ring (bicyclic) bond motifs is 1. The Labute approximate surface area is 125 Å². The Bertz CT molecular complexity index is 616. The summed E-state index contributed by atoms with van der Waals surface area (Å²) < 4.78 is 11.6. The van der Waals surface area contributed by atoms with Gasteiger partial charge in [0.05, 0.1) is 12.6 Å². The average Bonchev–Trinajstić information content (AvgIpc) is 3.15. The molecule has 0 amide bonds. The second kappa shape index (κ2) is 5.70. The minimum absolute atomic E-state index is 0.108. The van der Waals surface area contributed by atoms with Gasteiger partial charge in [0.2, 0.25) is 0 Å². The highest BCUT2D eigenvalue weighted by atomic mass is 16.5. The van der Waals surface area contributed by atoms with E-state index >= 15 is 0 Å². The van der Waals surface area contributed by atoms with Crippen LogP contribution in [0.4, 0.5) is 0 Å². The first-order valence-electron chi connectivity index (χ1n) is 7.67. The third-order valence-corrected chi connectivity index (χ3v) is 4.33. The summed E-state index contributed by atoms with van der Waals surface area (Å²) in [7, 11) is 0. The van der Waals surface area contributed by atoms with E-state index in [9.17, 15) is 5.11 Å². The number of para-hydroxylation sites is 1. The highest BCUT2D eigenvalue weighted by Crippen LogP contribution is 2.44. The quantitative estimate of drug-likeness (QED) is 0.821. The number of rotatable bonds is 7. The van der Waals surface area contributed by atoms with Crippen molar-refractivity contribution in [1.29, 1.82) is 0 Å². The number of furan rings is 1. The van der Waals surface area contributed by atoms with E-state index in [1.165, 1.54) is 0 Å². The van der Waals surface area contributed by atoms with E-state index in [1.54, 1.807) is 0 Å². The maximum Gasteiger partial charge on any atom is 0.176 e. The Morgan fingerprint density at radius 3 is 2.90 bits per heavy atom. The fourth-order valence-electron chi connectivity index (χ4n) is 2.58. The molecule has 3 rings (SSSR count). The predicted molar refractivity (Wildman–Crippen MR) is 82.6 cm³/mol. The number of benzene rings is 1. The van der Waals surface area contributed by atoms with Crippen LogP contribution in [0.2, 0.25) is 0 Å². The molecule has 1 fully saturated rings. The molecule has 1 unspecified atom stereocenters. The lowest BCUT2D eigenvalue weighted by Gasteiger charge is -2.16. The monoisotopic (exact) mass is 289 g/mol. The van der Waals surface area contributed by atoms with Gasteiger partial charge in [0.15, 0.2) is 11.3 Å². The Balaban J connectivity index is 1.75. The summed E-state index contributed by atoms with van der Waals surface area (Å²) in [6.45, 7) is 5.78. The van der Waals surface area contributed by atoms with Gasteiger partial charge in [-0.2, -0.15) is 0 Å². The van der Waals surface area contributed by atoms with Crippen molar-refractivity contribution in [2.45, 2.75) is 32.7 Å². The minimum atomic E-state index is 0.108. The first-order chi connectivity index (χ1) is 10.2. The fraction of sp³-hybridized carbons (Fsp3) is 0.529. The topological polar surface area (TPSA) is 54.6 Å². The zero-order chi connectivity index (χ0) is 14.9. The van der Waals surface area contributed by atoms with Gasteiger partial charge >= 0.3 is 0 Å². The van der Waals surface area contributed by atoms with Crippen molar-refractivity contribution < 1.29 is 14.3 Å². The van der Waals surface area contributed by atoms with Crippen molar-refractivity contribution in [3.8, 4) is 5.75 Å². The van der Waals surface area contributed by atoms with Crippen molar-refractivity contribution in [3.05, 3.63) is 30.0 Å². The van der Waals surface area contributed by atoms with Crippen molar-refractivity contribution >= 4 is 11.0 Å². The number of aliphatic hydroxyl groups excluding tert-OH is 1. The van der Waals surface area contributed by atoms with Crippen LogP contribution < -0.4 is 10.1 Å². The Morgan fingerprint density at radius 2 is 2.24 bits per heavy atom. The summed E-state index contributed by atoms with van der Waals surface area (Å²) in [6, 6.07) is 8.13. The lowest BCUT2D eigenvalue weighted by molar-refractivity contribution is 0.203. The van der Waals surface area contributed by atoms with Gasteiger partial charge in [-0.25, -0.2) is 0 Å². The molecule has 2 N–H and O–H groups in total. The molecule has 1 aliphatic carbocycles. The zero-order valence-electron chi connectivity index (χ0n) is 12.7. The molecule has 2 aromatic rings. The van der Waals surface area contributed by atoms with Gasteiger partial charge in [-0.3, -0.25) is 0 Å². The molecule has 0 saturated heterocycles. The van der Waals surface area contributed by atoms with Gasteiger partial charge in [0.1, 0.15) is 5.76 Å². The van der Waals surface area contributed by atoms with Crippen molar-refractivity contribution in [3.63, 3.8) is 0 Å².